The molecule has 1 aromatic carbocycles. The number of carbonyl (C=O) groups is 1. The van der Waals surface area contributed by atoms with Gasteiger partial charge in [0.1, 0.15) is 5.82 Å². The predicted molar refractivity (Wildman–Crippen MR) is 52.2 cm³/mol. The van der Waals surface area contributed by atoms with E-state index in [4.69, 9.17) is 5.11 Å². The zero-order valence-electron chi connectivity index (χ0n) is 7.96. The highest BCUT2D eigenvalue weighted by Gasteiger charge is 2.09. The Morgan fingerprint density at radius 3 is 2.56 bits per heavy atom. The number of hydrogen-bond acceptors (Lipinski definition) is 4. The van der Waals surface area contributed by atoms with Crippen LogP contribution in [0, 0.1) is 5.82 Å². The summed E-state index contributed by atoms with van der Waals surface area (Å²) >= 11 is 0. The number of aromatic carboxylic acids is 1. The van der Waals surface area contributed by atoms with Crippen molar-refractivity contribution in [3.05, 3.63) is 42.1 Å². The van der Waals surface area contributed by atoms with Gasteiger partial charge < -0.3 is 5.11 Å². The number of halogens is 1. The summed E-state index contributed by atoms with van der Waals surface area (Å²) in [6.07, 6.45) is 1.32. The number of rotatable bonds is 2. The van der Waals surface area contributed by atoms with Crippen LogP contribution >= 0.6 is 0 Å². The molecular formula is C10H6FN3O2. The van der Waals surface area contributed by atoms with Crippen molar-refractivity contribution in [2.24, 2.45) is 0 Å². The van der Waals surface area contributed by atoms with E-state index in [9.17, 15) is 9.18 Å². The summed E-state index contributed by atoms with van der Waals surface area (Å²) in [5.74, 6) is -2.01. The molecule has 6 heteroatoms. The maximum absolute atomic E-state index is 12.7. The van der Waals surface area contributed by atoms with E-state index in [2.05, 4.69) is 15.2 Å². The first-order valence-electron chi connectivity index (χ1n) is 4.36. The molecule has 0 unspecified atom stereocenters. The zero-order valence-corrected chi connectivity index (χ0v) is 7.96. The molecule has 16 heavy (non-hydrogen) atoms. The largest absolute Gasteiger partial charge is 0.475 e. The third-order valence-corrected chi connectivity index (χ3v) is 1.89. The smallest absolute Gasteiger partial charge is 0.375 e. The van der Waals surface area contributed by atoms with E-state index in [1.807, 2.05) is 0 Å². The van der Waals surface area contributed by atoms with Gasteiger partial charge in [-0.1, -0.05) is 0 Å². The Balaban J connectivity index is 2.44. The average molecular weight is 219 g/mol. The highest BCUT2D eigenvalue weighted by Crippen LogP contribution is 2.15. The van der Waals surface area contributed by atoms with Crippen molar-refractivity contribution in [1.29, 1.82) is 0 Å². The second-order valence-corrected chi connectivity index (χ2v) is 2.98. The fourth-order valence-electron chi connectivity index (χ4n) is 1.15. The zero-order chi connectivity index (χ0) is 11.5. The van der Waals surface area contributed by atoms with Crippen LogP contribution in [0.25, 0.3) is 11.3 Å². The average Bonchev–Trinajstić information content (AvgIpc) is 2.30. The Kier molecular flexibility index (Phi) is 2.55. The van der Waals surface area contributed by atoms with Crippen LogP contribution in [0.4, 0.5) is 4.39 Å². The predicted octanol–water partition coefficient (Wildman–Crippen LogP) is 1.38. The van der Waals surface area contributed by atoms with Gasteiger partial charge in [-0.2, -0.15) is 5.10 Å². The summed E-state index contributed by atoms with van der Waals surface area (Å²) in [6, 6.07) is 5.51. The maximum Gasteiger partial charge on any atom is 0.375 e. The first-order valence-corrected chi connectivity index (χ1v) is 4.36. The second kappa shape index (κ2) is 4.01. The SMILES string of the molecule is O=C(O)c1nncc(-c2ccc(F)cc2)n1. The molecule has 2 rings (SSSR count). The van der Waals surface area contributed by atoms with E-state index in [1.165, 1.54) is 30.5 Å². The molecule has 1 heterocycles. The molecule has 0 aliphatic heterocycles. The molecule has 0 aliphatic carbocycles. The molecule has 5 nitrogen and oxygen atoms in total. The Hall–Kier alpha value is -2.37. The summed E-state index contributed by atoms with van der Waals surface area (Å²) in [6.45, 7) is 0. The molecule has 0 aliphatic rings. The highest BCUT2D eigenvalue weighted by atomic mass is 19.1. The lowest BCUT2D eigenvalue weighted by atomic mass is 10.2. The second-order valence-electron chi connectivity index (χ2n) is 2.98. The molecule has 0 spiro atoms. The molecule has 0 atom stereocenters. The number of nitrogens with zero attached hydrogens (tertiary/aromatic N) is 3. The van der Waals surface area contributed by atoms with Gasteiger partial charge in [0.25, 0.3) is 5.82 Å². The minimum absolute atomic E-state index is 0.340. The minimum Gasteiger partial charge on any atom is -0.475 e. The Labute approximate surface area is 89.6 Å². The quantitative estimate of drug-likeness (QED) is 0.825. The topological polar surface area (TPSA) is 76.0 Å². The van der Waals surface area contributed by atoms with Gasteiger partial charge >= 0.3 is 5.97 Å². The maximum atomic E-state index is 12.7. The minimum atomic E-state index is -1.25. The van der Waals surface area contributed by atoms with Crippen LogP contribution in [0.5, 0.6) is 0 Å². The number of carboxylic acids is 1. The normalized spacial score (nSPS) is 10.1. The lowest BCUT2D eigenvalue weighted by Gasteiger charge is -1.99. The highest BCUT2D eigenvalue weighted by molar-refractivity contribution is 5.83. The first-order chi connectivity index (χ1) is 7.66. The lowest BCUT2D eigenvalue weighted by Crippen LogP contribution is -2.06. The van der Waals surface area contributed by atoms with Crippen molar-refractivity contribution in [3.8, 4) is 11.3 Å². The molecule has 0 fully saturated rings. The Bertz CT molecular complexity index is 528. The van der Waals surface area contributed by atoms with Crippen molar-refractivity contribution in [2.45, 2.75) is 0 Å². The van der Waals surface area contributed by atoms with Gasteiger partial charge in [-0.3, -0.25) is 0 Å². The summed E-state index contributed by atoms with van der Waals surface area (Å²) in [7, 11) is 0. The third-order valence-electron chi connectivity index (χ3n) is 1.89. The summed E-state index contributed by atoms with van der Waals surface area (Å²) < 4.78 is 12.7. The van der Waals surface area contributed by atoms with E-state index in [-0.39, 0.29) is 11.6 Å². The van der Waals surface area contributed by atoms with Crippen LogP contribution in [0.3, 0.4) is 0 Å². The van der Waals surface area contributed by atoms with Crippen LogP contribution in [0.1, 0.15) is 10.6 Å². The van der Waals surface area contributed by atoms with Gasteiger partial charge in [0.15, 0.2) is 0 Å². The van der Waals surface area contributed by atoms with Gasteiger partial charge in [0.2, 0.25) is 0 Å². The molecule has 0 amide bonds. The van der Waals surface area contributed by atoms with Gasteiger partial charge in [-0.05, 0) is 24.3 Å². The lowest BCUT2D eigenvalue weighted by molar-refractivity contribution is 0.0682. The van der Waals surface area contributed by atoms with Crippen LogP contribution in [0.15, 0.2) is 30.5 Å². The number of carboxylic acid groups (broad SMARTS) is 1. The summed E-state index contributed by atoms with van der Waals surface area (Å²) in [5.41, 5.74) is 0.922. The van der Waals surface area contributed by atoms with Crippen LogP contribution in [-0.2, 0) is 0 Å². The van der Waals surface area contributed by atoms with Crippen molar-refractivity contribution in [3.63, 3.8) is 0 Å². The van der Waals surface area contributed by atoms with Crippen LogP contribution in [-0.4, -0.2) is 26.3 Å². The fraction of sp³-hybridized carbons (Fsp3) is 0. The molecule has 2 aromatic rings. The van der Waals surface area contributed by atoms with E-state index in [0.717, 1.165) is 0 Å². The van der Waals surface area contributed by atoms with E-state index in [1.54, 1.807) is 0 Å². The number of benzene rings is 1. The van der Waals surface area contributed by atoms with E-state index >= 15 is 0 Å². The Morgan fingerprint density at radius 2 is 1.94 bits per heavy atom. The Morgan fingerprint density at radius 1 is 1.25 bits per heavy atom. The van der Waals surface area contributed by atoms with Gasteiger partial charge in [-0.25, -0.2) is 14.2 Å². The standard InChI is InChI=1S/C10H6FN3O2/c11-7-3-1-6(2-4-7)8-5-12-14-9(13-8)10(15)16/h1-5H,(H,15,16). The van der Waals surface area contributed by atoms with Crippen molar-refractivity contribution in [1.82, 2.24) is 15.2 Å². The molecule has 0 radical (unpaired) electrons. The number of hydrogen-bond donors (Lipinski definition) is 1. The van der Waals surface area contributed by atoms with Crippen molar-refractivity contribution in [2.75, 3.05) is 0 Å². The first kappa shape index (κ1) is 10.2. The van der Waals surface area contributed by atoms with Crippen molar-refractivity contribution < 1.29 is 14.3 Å². The van der Waals surface area contributed by atoms with Crippen LogP contribution < -0.4 is 0 Å². The summed E-state index contributed by atoms with van der Waals surface area (Å²) in [5, 5.41) is 15.5. The molecular weight excluding hydrogens is 213 g/mol. The molecule has 1 aromatic heterocycles. The van der Waals surface area contributed by atoms with Crippen molar-refractivity contribution >= 4 is 5.97 Å². The van der Waals surface area contributed by atoms with E-state index in [0.29, 0.717) is 11.3 Å². The molecule has 80 valence electrons. The molecule has 0 bridgehead atoms. The number of aromatic nitrogens is 3. The van der Waals surface area contributed by atoms with Gasteiger partial charge in [-0.15, -0.1) is 5.10 Å². The van der Waals surface area contributed by atoms with Gasteiger partial charge in [0.05, 0.1) is 11.9 Å². The fourth-order valence-corrected chi connectivity index (χ4v) is 1.15. The van der Waals surface area contributed by atoms with E-state index < -0.39 is 5.97 Å². The summed E-state index contributed by atoms with van der Waals surface area (Å²) in [4.78, 5) is 14.4. The third kappa shape index (κ3) is 2.00. The van der Waals surface area contributed by atoms with Gasteiger partial charge in [0, 0.05) is 5.56 Å². The monoisotopic (exact) mass is 219 g/mol. The molecule has 1 N–H and O–H groups in total. The molecule has 0 saturated carbocycles. The van der Waals surface area contributed by atoms with Crippen LogP contribution in [0.2, 0.25) is 0 Å². The molecule has 0 saturated heterocycles.